The van der Waals surface area contributed by atoms with Gasteiger partial charge in [-0.15, -0.1) is 0 Å². The Hall–Kier alpha value is -3.21. The number of benzene rings is 2. The van der Waals surface area contributed by atoms with Crippen LogP contribution in [0.3, 0.4) is 0 Å². The number of fused-ring (bicyclic) bond motifs is 1. The van der Waals surface area contributed by atoms with Crippen molar-refractivity contribution in [1.82, 2.24) is 15.5 Å². The SMILES string of the molecule is CC(C)(NS(C)(=O)=O)[C@H](NC(=O)c1ccc(-c2cc3ccccc3o2)cc1)C(=O)NO. The summed E-state index contributed by atoms with van der Waals surface area (Å²) in [4.78, 5) is 24.8. The van der Waals surface area contributed by atoms with Gasteiger partial charge in [-0.2, -0.15) is 0 Å². The van der Waals surface area contributed by atoms with Gasteiger partial charge in [-0.3, -0.25) is 14.8 Å². The second-order valence-electron chi connectivity index (χ2n) is 7.70. The number of para-hydroxylation sites is 1. The van der Waals surface area contributed by atoms with Crippen molar-refractivity contribution in [3.8, 4) is 11.3 Å². The summed E-state index contributed by atoms with van der Waals surface area (Å²) < 4.78 is 31.3. The Kier molecular flexibility index (Phi) is 6.16. The van der Waals surface area contributed by atoms with Crippen LogP contribution in [0.15, 0.2) is 59.0 Å². The van der Waals surface area contributed by atoms with Crippen LogP contribution in [0.2, 0.25) is 0 Å². The van der Waals surface area contributed by atoms with E-state index in [9.17, 15) is 18.0 Å². The largest absolute Gasteiger partial charge is 0.456 e. The van der Waals surface area contributed by atoms with Crippen LogP contribution in [-0.2, 0) is 14.8 Å². The van der Waals surface area contributed by atoms with Gasteiger partial charge in [-0.05, 0) is 38.1 Å². The molecule has 0 aliphatic carbocycles. The maximum Gasteiger partial charge on any atom is 0.267 e. The summed E-state index contributed by atoms with van der Waals surface area (Å²) in [5, 5.41) is 12.5. The summed E-state index contributed by atoms with van der Waals surface area (Å²) in [5.74, 6) is -0.939. The molecule has 0 spiro atoms. The van der Waals surface area contributed by atoms with Gasteiger partial charge in [-0.1, -0.05) is 30.3 Å². The highest BCUT2D eigenvalue weighted by atomic mass is 32.2. The maximum atomic E-state index is 12.7. The summed E-state index contributed by atoms with van der Waals surface area (Å²) in [6, 6.07) is 14.6. The van der Waals surface area contributed by atoms with Crippen LogP contribution in [0.1, 0.15) is 24.2 Å². The van der Waals surface area contributed by atoms with Crippen molar-refractivity contribution < 1.29 is 27.6 Å². The molecule has 2 aromatic carbocycles. The van der Waals surface area contributed by atoms with Crippen LogP contribution in [0.5, 0.6) is 0 Å². The molecule has 2 amide bonds. The highest BCUT2D eigenvalue weighted by Gasteiger charge is 2.38. The first-order valence-electron chi connectivity index (χ1n) is 9.33. The van der Waals surface area contributed by atoms with Gasteiger partial charge in [0.2, 0.25) is 10.0 Å². The molecule has 0 aliphatic rings. The average molecular weight is 445 g/mol. The molecule has 1 atom stereocenters. The van der Waals surface area contributed by atoms with Gasteiger partial charge in [0.25, 0.3) is 11.8 Å². The molecule has 0 unspecified atom stereocenters. The maximum absolute atomic E-state index is 12.7. The molecule has 1 heterocycles. The fraction of sp³-hybridized carbons (Fsp3) is 0.238. The van der Waals surface area contributed by atoms with E-state index in [0.29, 0.717) is 5.76 Å². The predicted molar refractivity (Wildman–Crippen MR) is 115 cm³/mol. The van der Waals surface area contributed by atoms with E-state index in [1.807, 2.05) is 30.3 Å². The Labute approximate surface area is 179 Å². The Balaban J connectivity index is 1.81. The van der Waals surface area contributed by atoms with Crippen LogP contribution in [0, 0.1) is 0 Å². The number of carbonyl (C=O) groups excluding carboxylic acids is 2. The number of furan rings is 1. The number of amides is 2. The highest BCUT2D eigenvalue weighted by Crippen LogP contribution is 2.27. The summed E-state index contributed by atoms with van der Waals surface area (Å²) in [6.07, 6.45) is 0.932. The quantitative estimate of drug-likeness (QED) is 0.324. The number of sulfonamides is 1. The number of carbonyl (C=O) groups is 2. The molecule has 0 bridgehead atoms. The van der Waals surface area contributed by atoms with Gasteiger partial charge >= 0.3 is 0 Å². The average Bonchev–Trinajstić information content (AvgIpc) is 3.13. The number of hydrogen-bond acceptors (Lipinski definition) is 6. The molecule has 9 nitrogen and oxygen atoms in total. The molecule has 3 aromatic rings. The molecule has 3 rings (SSSR count). The van der Waals surface area contributed by atoms with E-state index < -0.39 is 33.4 Å². The lowest BCUT2D eigenvalue weighted by Gasteiger charge is -2.33. The first-order valence-corrected chi connectivity index (χ1v) is 11.2. The fourth-order valence-corrected chi connectivity index (χ4v) is 4.37. The Morgan fingerprint density at radius 3 is 2.29 bits per heavy atom. The molecule has 0 fully saturated rings. The second kappa shape index (κ2) is 8.50. The van der Waals surface area contributed by atoms with Crippen molar-refractivity contribution in [3.63, 3.8) is 0 Å². The number of hydrogen-bond donors (Lipinski definition) is 4. The minimum atomic E-state index is -3.69. The van der Waals surface area contributed by atoms with Crippen molar-refractivity contribution in [2.45, 2.75) is 25.4 Å². The van der Waals surface area contributed by atoms with Gasteiger partial charge in [-0.25, -0.2) is 18.6 Å². The molecular weight excluding hydrogens is 422 g/mol. The van der Waals surface area contributed by atoms with Crippen LogP contribution in [-0.4, -0.2) is 43.3 Å². The van der Waals surface area contributed by atoms with Crippen molar-refractivity contribution >= 4 is 32.8 Å². The highest BCUT2D eigenvalue weighted by molar-refractivity contribution is 7.88. The van der Waals surface area contributed by atoms with E-state index in [1.165, 1.54) is 19.3 Å². The normalized spacial score (nSPS) is 13.0. The lowest BCUT2D eigenvalue weighted by molar-refractivity contribution is -0.132. The summed E-state index contributed by atoms with van der Waals surface area (Å²) in [5.41, 5.74) is 1.79. The standard InChI is InChI=1S/C21H23N3O6S/c1-21(2,24-31(3,28)29)18(20(26)23-27)22-19(25)14-10-8-13(9-11-14)17-12-15-6-4-5-7-16(15)30-17/h4-12,18,24,27H,1-3H3,(H,22,25)(H,23,26)/t18-/m1/s1. The van der Waals surface area contributed by atoms with Crippen LogP contribution < -0.4 is 15.5 Å². The van der Waals surface area contributed by atoms with Gasteiger partial charge < -0.3 is 9.73 Å². The molecule has 10 heteroatoms. The fourth-order valence-electron chi connectivity index (χ4n) is 3.30. The van der Waals surface area contributed by atoms with E-state index in [-0.39, 0.29) is 5.56 Å². The van der Waals surface area contributed by atoms with Crippen molar-refractivity contribution in [1.29, 1.82) is 0 Å². The van der Waals surface area contributed by atoms with Gasteiger partial charge in [0.15, 0.2) is 0 Å². The molecule has 4 N–H and O–H groups in total. The second-order valence-corrected chi connectivity index (χ2v) is 9.45. The Morgan fingerprint density at radius 1 is 1.06 bits per heavy atom. The van der Waals surface area contributed by atoms with Gasteiger partial charge in [0.05, 0.1) is 11.8 Å². The molecule has 0 radical (unpaired) electrons. The minimum Gasteiger partial charge on any atom is -0.456 e. The van der Waals surface area contributed by atoms with Crippen LogP contribution in [0.4, 0.5) is 0 Å². The monoisotopic (exact) mass is 445 g/mol. The zero-order valence-corrected chi connectivity index (χ0v) is 18.0. The number of rotatable bonds is 7. The third-order valence-electron chi connectivity index (χ3n) is 4.68. The van der Waals surface area contributed by atoms with Crippen molar-refractivity contribution in [2.24, 2.45) is 0 Å². The molecular formula is C21H23N3O6S. The van der Waals surface area contributed by atoms with Crippen molar-refractivity contribution in [2.75, 3.05) is 6.26 Å². The van der Waals surface area contributed by atoms with Crippen molar-refractivity contribution in [3.05, 3.63) is 60.2 Å². The molecule has 164 valence electrons. The molecule has 0 saturated carbocycles. The molecule has 0 aliphatic heterocycles. The van der Waals surface area contributed by atoms with Gasteiger partial charge in [0.1, 0.15) is 17.4 Å². The van der Waals surface area contributed by atoms with E-state index >= 15 is 0 Å². The van der Waals surface area contributed by atoms with E-state index in [1.54, 1.807) is 24.3 Å². The Bertz CT molecular complexity index is 1180. The zero-order valence-electron chi connectivity index (χ0n) is 17.2. The summed E-state index contributed by atoms with van der Waals surface area (Å²) in [7, 11) is -3.69. The minimum absolute atomic E-state index is 0.241. The third kappa shape index (κ3) is 5.29. The third-order valence-corrected chi connectivity index (χ3v) is 5.57. The first kappa shape index (κ1) is 22.5. The summed E-state index contributed by atoms with van der Waals surface area (Å²) >= 11 is 0. The molecule has 1 aromatic heterocycles. The lowest BCUT2D eigenvalue weighted by Crippen LogP contribution is -2.64. The predicted octanol–water partition coefficient (Wildman–Crippen LogP) is 2.03. The lowest BCUT2D eigenvalue weighted by atomic mass is 9.94. The number of hydroxylamine groups is 1. The van der Waals surface area contributed by atoms with Crippen LogP contribution in [0.25, 0.3) is 22.3 Å². The smallest absolute Gasteiger partial charge is 0.267 e. The summed E-state index contributed by atoms with van der Waals surface area (Å²) in [6.45, 7) is 2.83. The van der Waals surface area contributed by atoms with Crippen LogP contribution >= 0.6 is 0 Å². The van der Waals surface area contributed by atoms with E-state index in [2.05, 4.69) is 10.0 Å². The zero-order chi connectivity index (χ0) is 22.8. The first-order chi connectivity index (χ1) is 14.5. The molecule has 31 heavy (non-hydrogen) atoms. The Morgan fingerprint density at radius 2 is 1.71 bits per heavy atom. The van der Waals surface area contributed by atoms with E-state index in [0.717, 1.165) is 22.8 Å². The van der Waals surface area contributed by atoms with E-state index in [4.69, 9.17) is 9.62 Å². The van der Waals surface area contributed by atoms with Gasteiger partial charge in [0, 0.05) is 16.5 Å². The topological polar surface area (TPSA) is 138 Å². The molecule has 0 saturated heterocycles. The number of nitrogens with one attached hydrogen (secondary N) is 3.